The smallest absolute Gasteiger partial charge is 0.244 e. The van der Waals surface area contributed by atoms with Crippen molar-refractivity contribution in [3.63, 3.8) is 0 Å². The van der Waals surface area contributed by atoms with Gasteiger partial charge in [-0.3, -0.25) is 13.9 Å². The van der Waals surface area contributed by atoms with E-state index in [1.165, 1.54) is 30.1 Å². The van der Waals surface area contributed by atoms with Crippen molar-refractivity contribution in [3.05, 3.63) is 99.0 Å². The highest BCUT2D eigenvalue weighted by molar-refractivity contribution is 7.92. The number of likely N-dealkylation sites (N-methyl/N-ethyl adjacent to an activating group) is 1. The van der Waals surface area contributed by atoms with E-state index in [1.54, 1.807) is 24.3 Å². The zero-order chi connectivity index (χ0) is 27.2. The summed E-state index contributed by atoms with van der Waals surface area (Å²) in [5, 5.41) is 3.48. The number of amides is 2. The van der Waals surface area contributed by atoms with Gasteiger partial charge in [-0.05, 0) is 41.5 Å². The van der Waals surface area contributed by atoms with E-state index in [9.17, 15) is 18.0 Å². The summed E-state index contributed by atoms with van der Waals surface area (Å²) in [6.07, 6.45) is 1.21. The Kier molecular flexibility index (Phi) is 9.84. The van der Waals surface area contributed by atoms with Gasteiger partial charge in [0.25, 0.3) is 0 Å². The molecule has 11 heteroatoms. The second-order valence-electron chi connectivity index (χ2n) is 8.34. The molecule has 0 fully saturated rings. The molecule has 0 aromatic heterocycles. The van der Waals surface area contributed by atoms with Crippen molar-refractivity contribution in [2.75, 3.05) is 24.2 Å². The van der Waals surface area contributed by atoms with Gasteiger partial charge in [0, 0.05) is 25.0 Å². The zero-order valence-corrected chi connectivity index (χ0v) is 23.3. The molecule has 0 saturated carbocycles. The van der Waals surface area contributed by atoms with Gasteiger partial charge in [-0.1, -0.05) is 77.3 Å². The summed E-state index contributed by atoms with van der Waals surface area (Å²) in [6.45, 7) is -0.525. The molecule has 0 spiro atoms. The van der Waals surface area contributed by atoms with Crippen molar-refractivity contribution in [1.82, 2.24) is 10.2 Å². The Morgan fingerprint density at radius 3 is 2.16 bits per heavy atom. The van der Waals surface area contributed by atoms with E-state index in [1.807, 2.05) is 30.3 Å². The van der Waals surface area contributed by atoms with Crippen molar-refractivity contribution in [2.45, 2.75) is 19.0 Å². The lowest BCUT2D eigenvalue weighted by Gasteiger charge is -2.33. The summed E-state index contributed by atoms with van der Waals surface area (Å²) in [7, 11) is -2.42. The molecule has 1 N–H and O–H groups in total. The number of nitrogens with one attached hydrogen (secondary N) is 1. The lowest BCUT2D eigenvalue weighted by atomic mass is 10.0. The van der Waals surface area contributed by atoms with Gasteiger partial charge >= 0.3 is 0 Å². The number of benzene rings is 3. The van der Waals surface area contributed by atoms with Crippen molar-refractivity contribution >= 4 is 62.3 Å². The maximum Gasteiger partial charge on any atom is 0.244 e. The van der Waals surface area contributed by atoms with Crippen LogP contribution in [0.15, 0.2) is 72.8 Å². The van der Waals surface area contributed by atoms with E-state index < -0.39 is 28.5 Å². The standard InChI is InChI=1S/C26H26Cl3N3O4S/c1-30-26(34)24(14-18-7-4-3-5-8-18)31(16-19-9-6-10-20(27)13-19)25(33)17-32(37(2,35)36)21-11-12-22(28)23(29)15-21/h3-13,15,24H,14,16-17H2,1-2H3,(H,30,34)/t24-/m1/s1. The van der Waals surface area contributed by atoms with Gasteiger partial charge in [-0.25, -0.2) is 8.42 Å². The number of hydrogen-bond donors (Lipinski definition) is 1. The molecule has 0 heterocycles. The monoisotopic (exact) mass is 581 g/mol. The van der Waals surface area contributed by atoms with Crippen molar-refractivity contribution in [3.8, 4) is 0 Å². The Hall–Kier alpha value is -2.78. The fourth-order valence-corrected chi connectivity index (χ4v) is 5.15. The number of carbonyl (C=O) groups is 2. The normalized spacial score (nSPS) is 12.0. The zero-order valence-electron chi connectivity index (χ0n) is 20.2. The Balaban J connectivity index is 2.04. The van der Waals surface area contributed by atoms with E-state index in [0.717, 1.165) is 16.1 Å². The first-order valence-corrected chi connectivity index (χ1v) is 14.2. The second-order valence-corrected chi connectivity index (χ2v) is 11.5. The van der Waals surface area contributed by atoms with Crippen molar-refractivity contribution in [1.29, 1.82) is 0 Å². The van der Waals surface area contributed by atoms with E-state index in [0.29, 0.717) is 10.6 Å². The highest BCUT2D eigenvalue weighted by Gasteiger charge is 2.32. The van der Waals surface area contributed by atoms with Crippen LogP contribution in [-0.2, 0) is 32.6 Å². The first kappa shape index (κ1) is 28.8. The van der Waals surface area contributed by atoms with Crippen LogP contribution in [-0.4, -0.2) is 51.0 Å². The van der Waals surface area contributed by atoms with E-state index in [4.69, 9.17) is 34.8 Å². The molecule has 0 saturated heterocycles. The number of anilines is 1. The molecule has 3 aromatic carbocycles. The van der Waals surface area contributed by atoms with Crippen LogP contribution < -0.4 is 9.62 Å². The minimum Gasteiger partial charge on any atom is -0.357 e. The molecule has 0 bridgehead atoms. The van der Waals surface area contributed by atoms with E-state index >= 15 is 0 Å². The van der Waals surface area contributed by atoms with Crippen LogP contribution >= 0.6 is 34.8 Å². The summed E-state index contributed by atoms with van der Waals surface area (Å²) in [4.78, 5) is 28.2. The highest BCUT2D eigenvalue weighted by atomic mass is 35.5. The van der Waals surface area contributed by atoms with E-state index in [2.05, 4.69) is 5.32 Å². The molecule has 0 aliphatic heterocycles. The summed E-state index contributed by atoms with van der Waals surface area (Å²) < 4.78 is 26.4. The number of carbonyl (C=O) groups excluding carboxylic acids is 2. The fourth-order valence-electron chi connectivity index (χ4n) is 3.81. The van der Waals surface area contributed by atoms with Gasteiger partial charge in [0.2, 0.25) is 21.8 Å². The number of halogens is 3. The van der Waals surface area contributed by atoms with Crippen LogP contribution in [0.3, 0.4) is 0 Å². The fraction of sp³-hybridized carbons (Fsp3) is 0.231. The van der Waals surface area contributed by atoms with Crippen LogP contribution in [0, 0.1) is 0 Å². The maximum absolute atomic E-state index is 13.8. The average Bonchev–Trinajstić information content (AvgIpc) is 2.86. The molecule has 1 atom stereocenters. The number of rotatable bonds is 10. The third kappa shape index (κ3) is 7.85. The predicted octanol–water partition coefficient (Wildman–Crippen LogP) is 4.80. The van der Waals surface area contributed by atoms with Crippen molar-refractivity contribution < 1.29 is 18.0 Å². The second kappa shape index (κ2) is 12.6. The summed E-state index contributed by atoms with van der Waals surface area (Å²) >= 11 is 18.3. The van der Waals surface area contributed by atoms with Crippen molar-refractivity contribution in [2.24, 2.45) is 0 Å². The van der Waals surface area contributed by atoms with Gasteiger partial charge in [-0.2, -0.15) is 0 Å². The Morgan fingerprint density at radius 2 is 1.57 bits per heavy atom. The highest BCUT2D eigenvalue weighted by Crippen LogP contribution is 2.29. The molecule has 7 nitrogen and oxygen atoms in total. The van der Waals surface area contributed by atoms with Gasteiger partial charge in [-0.15, -0.1) is 0 Å². The molecule has 3 aromatic rings. The number of nitrogens with zero attached hydrogens (tertiary/aromatic N) is 2. The molecule has 37 heavy (non-hydrogen) atoms. The summed E-state index contributed by atoms with van der Waals surface area (Å²) in [5.41, 5.74) is 1.69. The molecule has 0 unspecified atom stereocenters. The quantitative estimate of drug-likeness (QED) is 0.372. The largest absolute Gasteiger partial charge is 0.357 e. The van der Waals surface area contributed by atoms with Crippen LogP contribution in [0.5, 0.6) is 0 Å². The molecule has 0 aliphatic carbocycles. The minimum absolute atomic E-state index is 0.0310. The third-order valence-electron chi connectivity index (χ3n) is 5.63. The van der Waals surface area contributed by atoms with Crippen LogP contribution in [0.1, 0.15) is 11.1 Å². The molecule has 0 radical (unpaired) electrons. The van der Waals surface area contributed by atoms with Crippen LogP contribution in [0.25, 0.3) is 0 Å². The molecular formula is C26H26Cl3N3O4S. The Morgan fingerprint density at radius 1 is 0.892 bits per heavy atom. The summed E-state index contributed by atoms with van der Waals surface area (Å²) in [5.74, 6) is -0.972. The first-order chi connectivity index (χ1) is 17.5. The Bertz CT molecular complexity index is 1370. The minimum atomic E-state index is -3.90. The lowest BCUT2D eigenvalue weighted by Crippen LogP contribution is -2.52. The maximum atomic E-state index is 13.8. The average molecular weight is 583 g/mol. The summed E-state index contributed by atoms with van der Waals surface area (Å²) in [6, 6.07) is 19.5. The van der Waals surface area contributed by atoms with Gasteiger partial charge in [0.05, 0.1) is 22.0 Å². The molecule has 0 aliphatic rings. The van der Waals surface area contributed by atoms with E-state index in [-0.39, 0.29) is 34.6 Å². The lowest BCUT2D eigenvalue weighted by molar-refractivity contribution is -0.139. The predicted molar refractivity (Wildman–Crippen MR) is 149 cm³/mol. The number of sulfonamides is 1. The van der Waals surface area contributed by atoms with Crippen LogP contribution in [0.4, 0.5) is 5.69 Å². The molecule has 3 rings (SSSR count). The van der Waals surface area contributed by atoms with Gasteiger partial charge in [0.1, 0.15) is 12.6 Å². The van der Waals surface area contributed by atoms with Gasteiger partial charge < -0.3 is 10.2 Å². The molecule has 196 valence electrons. The van der Waals surface area contributed by atoms with Crippen LogP contribution in [0.2, 0.25) is 15.1 Å². The first-order valence-electron chi connectivity index (χ1n) is 11.2. The number of hydrogen-bond acceptors (Lipinski definition) is 4. The Labute approximate surface area is 232 Å². The molecular weight excluding hydrogens is 557 g/mol. The van der Waals surface area contributed by atoms with Gasteiger partial charge in [0.15, 0.2) is 0 Å². The molecule has 2 amide bonds. The topological polar surface area (TPSA) is 86.8 Å². The third-order valence-corrected chi connectivity index (χ3v) is 7.74. The SMILES string of the molecule is CNC(=O)[C@@H](Cc1ccccc1)N(Cc1cccc(Cl)c1)C(=O)CN(c1ccc(Cl)c(Cl)c1)S(C)(=O)=O.